The van der Waals surface area contributed by atoms with Crippen molar-refractivity contribution in [1.29, 1.82) is 0 Å². The molecule has 0 aliphatic rings. The Hall–Kier alpha value is -2.89. The van der Waals surface area contributed by atoms with E-state index in [1.54, 1.807) is 18.2 Å². The van der Waals surface area contributed by atoms with Crippen LogP contribution in [0.3, 0.4) is 0 Å². The number of nitrogens with zero attached hydrogens (tertiary/aromatic N) is 1. The fourth-order valence-electron chi connectivity index (χ4n) is 1.95. The van der Waals surface area contributed by atoms with E-state index in [1.165, 1.54) is 12.1 Å². The van der Waals surface area contributed by atoms with Crippen LogP contribution in [0.1, 0.15) is 11.1 Å². The fourth-order valence-corrected chi connectivity index (χ4v) is 1.95. The van der Waals surface area contributed by atoms with E-state index in [4.69, 9.17) is 4.74 Å². The molecule has 114 valence electrons. The third-order valence-corrected chi connectivity index (χ3v) is 3.30. The molecular weight excluding hydrogens is 284 g/mol. The zero-order valence-electron chi connectivity index (χ0n) is 12.3. The molecule has 0 fully saturated rings. The van der Waals surface area contributed by atoms with Crippen molar-refractivity contribution in [3.8, 4) is 5.75 Å². The van der Waals surface area contributed by atoms with Gasteiger partial charge in [0.2, 0.25) is 0 Å². The third-order valence-electron chi connectivity index (χ3n) is 3.30. The second kappa shape index (κ2) is 6.71. The molecule has 1 amide bonds. The topological polar surface area (TPSA) is 81.5 Å². The van der Waals surface area contributed by atoms with Crippen LogP contribution in [-0.4, -0.2) is 17.4 Å². The second-order valence-electron chi connectivity index (χ2n) is 4.81. The van der Waals surface area contributed by atoms with Crippen LogP contribution in [0.4, 0.5) is 11.4 Å². The van der Waals surface area contributed by atoms with Crippen LogP contribution in [0, 0.1) is 24.0 Å². The molecule has 0 aliphatic carbocycles. The van der Waals surface area contributed by atoms with Crippen molar-refractivity contribution in [3.63, 3.8) is 0 Å². The van der Waals surface area contributed by atoms with Gasteiger partial charge >= 0.3 is 5.69 Å². The highest BCUT2D eigenvalue weighted by Gasteiger charge is 2.15. The summed E-state index contributed by atoms with van der Waals surface area (Å²) >= 11 is 0. The predicted octanol–water partition coefficient (Wildman–Crippen LogP) is 3.23. The number of ether oxygens (including phenoxy) is 1. The maximum Gasteiger partial charge on any atom is 0.310 e. The highest BCUT2D eigenvalue weighted by atomic mass is 16.6. The fraction of sp³-hybridized carbons (Fsp3) is 0.188. The van der Waals surface area contributed by atoms with E-state index >= 15 is 0 Å². The molecule has 0 unspecified atom stereocenters. The van der Waals surface area contributed by atoms with Crippen molar-refractivity contribution in [3.05, 3.63) is 63.7 Å². The minimum absolute atomic E-state index is 0.0728. The van der Waals surface area contributed by atoms with Gasteiger partial charge in [0.15, 0.2) is 12.4 Å². The number of nitro groups is 1. The zero-order valence-corrected chi connectivity index (χ0v) is 12.3. The number of anilines is 1. The lowest BCUT2D eigenvalue weighted by molar-refractivity contribution is -0.385. The van der Waals surface area contributed by atoms with Crippen LogP contribution in [0.25, 0.3) is 0 Å². The average molecular weight is 300 g/mol. The van der Waals surface area contributed by atoms with Gasteiger partial charge in [0.25, 0.3) is 5.91 Å². The molecule has 2 aromatic carbocycles. The van der Waals surface area contributed by atoms with Crippen molar-refractivity contribution in [2.24, 2.45) is 0 Å². The first-order valence-corrected chi connectivity index (χ1v) is 6.71. The van der Waals surface area contributed by atoms with Crippen molar-refractivity contribution in [1.82, 2.24) is 0 Å². The maximum atomic E-state index is 11.9. The Morgan fingerprint density at radius 1 is 1.18 bits per heavy atom. The lowest BCUT2D eigenvalue weighted by Crippen LogP contribution is -2.21. The van der Waals surface area contributed by atoms with Gasteiger partial charge in [-0.1, -0.05) is 24.3 Å². The summed E-state index contributed by atoms with van der Waals surface area (Å²) in [5.41, 5.74) is 2.58. The van der Waals surface area contributed by atoms with Crippen LogP contribution < -0.4 is 10.1 Å². The quantitative estimate of drug-likeness (QED) is 0.679. The monoisotopic (exact) mass is 300 g/mol. The van der Waals surface area contributed by atoms with Gasteiger partial charge < -0.3 is 10.1 Å². The summed E-state index contributed by atoms with van der Waals surface area (Å²) in [6.07, 6.45) is 0. The number of amides is 1. The molecule has 2 aromatic rings. The van der Waals surface area contributed by atoms with Crippen molar-refractivity contribution >= 4 is 17.3 Å². The first-order chi connectivity index (χ1) is 10.5. The standard InChI is InChI=1S/C16H16N2O4/c1-11-6-5-7-13(12(11)2)17-16(19)10-22-15-9-4-3-8-14(15)18(20)21/h3-9H,10H2,1-2H3,(H,17,19). The predicted molar refractivity (Wildman–Crippen MR) is 83.1 cm³/mol. The number of para-hydroxylation sites is 2. The molecule has 6 heteroatoms. The number of carbonyl (C=O) groups excluding carboxylic acids is 1. The van der Waals surface area contributed by atoms with Gasteiger partial charge in [0, 0.05) is 11.8 Å². The lowest BCUT2D eigenvalue weighted by Gasteiger charge is -2.11. The number of hydrogen-bond acceptors (Lipinski definition) is 4. The van der Waals surface area contributed by atoms with E-state index in [2.05, 4.69) is 5.32 Å². The van der Waals surface area contributed by atoms with E-state index < -0.39 is 4.92 Å². The number of nitrogens with one attached hydrogen (secondary N) is 1. The van der Waals surface area contributed by atoms with Crippen molar-refractivity contribution < 1.29 is 14.5 Å². The van der Waals surface area contributed by atoms with Crippen molar-refractivity contribution in [2.45, 2.75) is 13.8 Å². The van der Waals surface area contributed by atoms with E-state index in [0.717, 1.165) is 11.1 Å². The molecule has 22 heavy (non-hydrogen) atoms. The van der Waals surface area contributed by atoms with Gasteiger partial charge in [-0.05, 0) is 37.1 Å². The Labute approximate surface area is 127 Å². The minimum Gasteiger partial charge on any atom is -0.477 e. The highest BCUT2D eigenvalue weighted by Crippen LogP contribution is 2.25. The highest BCUT2D eigenvalue weighted by molar-refractivity contribution is 5.92. The second-order valence-corrected chi connectivity index (χ2v) is 4.81. The van der Waals surface area contributed by atoms with Gasteiger partial charge in [-0.3, -0.25) is 14.9 Å². The molecule has 0 spiro atoms. The van der Waals surface area contributed by atoms with Crippen LogP contribution in [0.15, 0.2) is 42.5 Å². The number of rotatable bonds is 5. The normalized spacial score (nSPS) is 10.1. The van der Waals surface area contributed by atoms with Gasteiger partial charge in [-0.2, -0.15) is 0 Å². The van der Waals surface area contributed by atoms with Crippen LogP contribution in [-0.2, 0) is 4.79 Å². The molecule has 0 saturated heterocycles. The maximum absolute atomic E-state index is 11.9. The molecule has 0 radical (unpaired) electrons. The largest absolute Gasteiger partial charge is 0.477 e. The molecule has 0 aromatic heterocycles. The summed E-state index contributed by atoms with van der Waals surface area (Å²) in [6.45, 7) is 3.57. The molecule has 2 rings (SSSR count). The molecule has 6 nitrogen and oxygen atoms in total. The molecule has 0 saturated carbocycles. The van der Waals surface area contributed by atoms with Crippen LogP contribution in [0.5, 0.6) is 5.75 Å². The molecule has 1 N–H and O–H groups in total. The summed E-state index contributed by atoms with van der Waals surface area (Å²) in [4.78, 5) is 22.2. The van der Waals surface area contributed by atoms with E-state index in [-0.39, 0.29) is 24.0 Å². The summed E-state index contributed by atoms with van der Waals surface area (Å²) in [5.74, 6) is -0.296. The Kier molecular flexibility index (Phi) is 4.73. The first-order valence-electron chi connectivity index (χ1n) is 6.71. The zero-order chi connectivity index (χ0) is 16.1. The molecule has 0 atom stereocenters. The summed E-state index contributed by atoms with van der Waals surface area (Å²) < 4.78 is 5.25. The van der Waals surface area contributed by atoms with Gasteiger partial charge in [-0.15, -0.1) is 0 Å². The first kappa shape index (κ1) is 15.5. The number of carbonyl (C=O) groups is 1. The molecule has 0 bridgehead atoms. The van der Waals surface area contributed by atoms with Gasteiger partial charge in [0.05, 0.1) is 4.92 Å². The van der Waals surface area contributed by atoms with E-state index in [0.29, 0.717) is 5.69 Å². The number of benzene rings is 2. The number of aryl methyl sites for hydroxylation is 1. The Bertz CT molecular complexity index is 713. The summed E-state index contributed by atoms with van der Waals surface area (Å²) in [6, 6.07) is 11.5. The minimum atomic E-state index is -0.544. The lowest BCUT2D eigenvalue weighted by atomic mass is 10.1. The van der Waals surface area contributed by atoms with E-state index in [1.807, 2.05) is 26.0 Å². The Morgan fingerprint density at radius 3 is 2.64 bits per heavy atom. The average Bonchev–Trinajstić information content (AvgIpc) is 2.50. The van der Waals surface area contributed by atoms with Crippen molar-refractivity contribution in [2.75, 3.05) is 11.9 Å². The molecular formula is C16H16N2O4. The Morgan fingerprint density at radius 2 is 1.91 bits per heavy atom. The number of nitro benzene ring substituents is 1. The van der Waals surface area contributed by atoms with Crippen LogP contribution >= 0.6 is 0 Å². The molecule has 0 aliphatic heterocycles. The summed E-state index contributed by atoms with van der Waals surface area (Å²) in [5, 5.41) is 13.6. The third kappa shape index (κ3) is 3.60. The molecule has 0 heterocycles. The number of hydrogen-bond donors (Lipinski definition) is 1. The summed E-state index contributed by atoms with van der Waals surface area (Å²) in [7, 11) is 0. The van der Waals surface area contributed by atoms with Crippen LogP contribution in [0.2, 0.25) is 0 Å². The Balaban J connectivity index is 2.02. The SMILES string of the molecule is Cc1cccc(NC(=O)COc2ccccc2[N+](=O)[O-])c1C. The van der Waals surface area contributed by atoms with Gasteiger partial charge in [-0.25, -0.2) is 0 Å². The van der Waals surface area contributed by atoms with Gasteiger partial charge in [0.1, 0.15) is 0 Å². The smallest absolute Gasteiger partial charge is 0.310 e. The van der Waals surface area contributed by atoms with E-state index in [9.17, 15) is 14.9 Å².